The summed E-state index contributed by atoms with van der Waals surface area (Å²) >= 11 is 0. The molecule has 6 rings (SSSR count). The molecule has 0 radical (unpaired) electrons. The molecule has 0 spiro atoms. The molecule has 5 heteroatoms. The number of phenolic OH excluding ortho intramolecular Hbond substituents is 2. The highest BCUT2D eigenvalue weighted by Crippen LogP contribution is 2.35. The van der Waals surface area contributed by atoms with Crippen LogP contribution in [0.3, 0.4) is 0 Å². The van der Waals surface area contributed by atoms with Crippen LogP contribution in [-0.2, 0) is 6.42 Å². The molecule has 6 bridgehead atoms. The van der Waals surface area contributed by atoms with E-state index in [1.54, 1.807) is 36.4 Å². The Kier molecular flexibility index (Phi) is 5.47. The lowest BCUT2D eigenvalue weighted by Gasteiger charge is -2.15. The van der Waals surface area contributed by atoms with Crippen molar-refractivity contribution in [3.63, 3.8) is 0 Å². The van der Waals surface area contributed by atoms with Crippen LogP contribution in [0.4, 0.5) is 0 Å². The van der Waals surface area contributed by atoms with Crippen molar-refractivity contribution < 1.29 is 24.8 Å². The molecule has 0 saturated heterocycles. The highest BCUT2D eigenvalue weighted by molar-refractivity contribution is 5.74. The maximum absolute atomic E-state index is 10.8. The Bertz CT molecular complexity index is 1320. The Hall–Kier alpha value is -4.22. The van der Waals surface area contributed by atoms with Crippen molar-refractivity contribution in [2.45, 2.75) is 12.5 Å². The van der Waals surface area contributed by atoms with Crippen molar-refractivity contribution in [1.29, 1.82) is 0 Å². The number of hydrogen-bond acceptors (Lipinski definition) is 5. The van der Waals surface area contributed by atoms with Gasteiger partial charge in [0.2, 0.25) is 0 Å². The van der Waals surface area contributed by atoms with Crippen LogP contribution >= 0.6 is 0 Å². The van der Waals surface area contributed by atoms with Gasteiger partial charge in [-0.1, -0.05) is 42.5 Å². The molecular formula is C28H22O5. The number of aliphatic hydroxyl groups excluding tert-OH is 1. The van der Waals surface area contributed by atoms with E-state index in [2.05, 4.69) is 0 Å². The van der Waals surface area contributed by atoms with Crippen molar-refractivity contribution in [3.05, 3.63) is 107 Å². The van der Waals surface area contributed by atoms with E-state index in [0.717, 1.165) is 16.7 Å². The van der Waals surface area contributed by atoms with Gasteiger partial charge in [0.15, 0.2) is 11.5 Å². The Morgan fingerprint density at radius 3 is 2.36 bits per heavy atom. The van der Waals surface area contributed by atoms with Crippen molar-refractivity contribution >= 4 is 12.2 Å². The number of hydrogen-bond donors (Lipinski definition) is 3. The minimum absolute atomic E-state index is 0.0286. The number of phenols is 2. The summed E-state index contributed by atoms with van der Waals surface area (Å²) in [6, 6.07) is 24.7. The van der Waals surface area contributed by atoms with Crippen molar-refractivity contribution in [3.8, 4) is 34.5 Å². The average Bonchev–Trinajstić information content (AvgIpc) is 2.82. The number of benzene rings is 4. The molecule has 2 aliphatic rings. The predicted octanol–water partition coefficient (Wildman–Crippen LogP) is 6.44. The summed E-state index contributed by atoms with van der Waals surface area (Å²) in [6.45, 7) is 0. The second kappa shape index (κ2) is 8.73. The quantitative estimate of drug-likeness (QED) is 0.294. The third-order valence-corrected chi connectivity index (χ3v) is 5.48. The summed E-state index contributed by atoms with van der Waals surface area (Å²) in [5, 5.41) is 31.0. The molecule has 0 amide bonds. The topological polar surface area (TPSA) is 79.2 Å². The molecule has 4 aromatic carbocycles. The van der Waals surface area contributed by atoms with Gasteiger partial charge in [-0.15, -0.1) is 0 Å². The van der Waals surface area contributed by atoms with E-state index in [4.69, 9.17) is 9.47 Å². The molecule has 0 aliphatic carbocycles. The zero-order chi connectivity index (χ0) is 22.8. The van der Waals surface area contributed by atoms with E-state index >= 15 is 0 Å². The van der Waals surface area contributed by atoms with Gasteiger partial charge < -0.3 is 24.8 Å². The molecule has 0 aromatic heterocycles. The number of fused-ring (bicyclic) bond motifs is 3. The lowest BCUT2D eigenvalue weighted by Crippen LogP contribution is -2.02. The van der Waals surface area contributed by atoms with Crippen molar-refractivity contribution in [1.82, 2.24) is 0 Å². The van der Waals surface area contributed by atoms with Gasteiger partial charge in [0, 0.05) is 12.0 Å². The fourth-order valence-electron chi connectivity index (χ4n) is 3.74. The van der Waals surface area contributed by atoms with Crippen LogP contribution < -0.4 is 9.47 Å². The van der Waals surface area contributed by atoms with Crippen LogP contribution in [0.5, 0.6) is 34.5 Å². The maximum Gasteiger partial charge on any atom is 0.169 e. The highest BCUT2D eigenvalue weighted by atomic mass is 16.5. The monoisotopic (exact) mass is 438 g/mol. The zero-order valence-electron chi connectivity index (χ0n) is 17.7. The van der Waals surface area contributed by atoms with Gasteiger partial charge in [0.25, 0.3) is 0 Å². The second-order valence-corrected chi connectivity index (χ2v) is 7.92. The first-order chi connectivity index (χ1) is 16.0. The third-order valence-electron chi connectivity index (χ3n) is 5.48. The van der Waals surface area contributed by atoms with Gasteiger partial charge in [0.1, 0.15) is 23.0 Å². The Balaban J connectivity index is 1.61. The zero-order valence-corrected chi connectivity index (χ0v) is 17.7. The van der Waals surface area contributed by atoms with E-state index in [9.17, 15) is 15.3 Å². The first-order valence-corrected chi connectivity index (χ1v) is 10.6. The first kappa shape index (κ1) is 20.7. The third kappa shape index (κ3) is 4.68. The molecule has 2 heterocycles. The normalized spacial score (nSPS) is 16.0. The molecule has 1 atom stereocenters. The van der Waals surface area contributed by atoms with Crippen LogP contribution in [0, 0.1) is 0 Å². The van der Waals surface area contributed by atoms with E-state index in [-0.39, 0.29) is 11.5 Å². The van der Waals surface area contributed by atoms with Crippen LogP contribution in [0.2, 0.25) is 0 Å². The smallest absolute Gasteiger partial charge is 0.169 e. The summed E-state index contributed by atoms with van der Waals surface area (Å²) < 4.78 is 12.0. The molecule has 5 nitrogen and oxygen atoms in total. The molecule has 0 unspecified atom stereocenters. The van der Waals surface area contributed by atoms with Crippen LogP contribution in [0.25, 0.3) is 12.2 Å². The molecule has 0 saturated carbocycles. The Morgan fingerprint density at radius 1 is 0.697 bits per heavy atom. The van der Waals surface area contributed by atoms with Crippen molar-refractivity contribution in [2.75, 3.05) is 0 Å². The molecule has 2 aliphatic heterocycles. The van der Waals surface area contributed by atoms with Gasteiger partial charge in [-0.2, -0.15) is 0 Å². The van der Waals surface area contributed by atoms with Crippen LogP contribution in [-0.4, -0.2) is 15.3 Å². The highest BCUT2D eigenvalue weighted by Gasteiger charge is 2.13. The lowest BCUT2D eigenvalue weighted by atomic mass is 10.0. The van der Waals surface area contributed by atoms with Crippen molar-refractivity contribution in [2.24, 2.45) is 0 Å². The molecule has 4 aromatic rings. The summed E-state index contributed by atoms with van der Waals surface area (Å²) in [5.41, 5.74) is 3.17. The Morgan fingerprint density at radius 2 is 1.52 bits per heavy atom. The molecule has 33 heavy (non-hydrogen) atoms. The first-order valence-electron chi connectivity index (χ1n) is 10.6. The van der Waals surface area contributed by atoms with Crippen LogP contribution in [0.15, 0.2) is 84.9 Å². The summed E-state index contributed by atoms with van der Waals surface area (Å²) in [4.78, 5) is 0. The molecular weight excluding hydrogens is 416 g/mol. The second-order valence-electron chi connectivity index (χ2n) is 7.92. The minimum atomic E-state index is -0.709. The average molecular weight is 438 g/mol. The van der Waals surface area contributed by atoms with E-state index in [1.165, 1.54) is 0 Å². The molecule has 3 N–H and O–H groups in total. The van der Waals surface area contributed by atoms with Gasteiger partial charge in [-0.05, 0) is 71.3 Å². The molecule has 0 fully saturated rings. The maximum atomic E-state index is 10.8. The summed E-state index contributed by atoms with van der Waals surface area (Å²) in [5.74, 6) is 2.20. The number of aromatic hydroxyl groups is 2. The molecule has 164 valence electrons. The Labute approximate surface area is 191 Å². The number of rotatable bonds is 0. The number of aliphatic hydroxyl groups is 1. The van der Waals surface area contributed by atoms with E-state index in [1.807, 2.05) is 60.7 Å². The standard InChI is InChI=1S/C28H22O5/c29-22-9-13-27-21(16-22)8-4-19-7-12-25(30)28(15-19)32-23-10-5-18(6-11-23)14-26(31)20-2-1-3-24(17-20)33-27/h1-13,15-17,26,29-31H,14H2/b8-4+/t26-/m0/s1. The van der Waals surface area contributed by atoms with E-state index < -0.39 is 6.10 Å². The minimum Gasteiger partial charge on any atom is -0.508 e. The van der Waals surface area contributed by atoms with Gasteiger partial charge in [-0.25, -0.2) is 0 Å². The lowest BCUT2D eigenvalue weighted by molar-refractivity contribution is 0.178. The predicted molar refractivity (Wildman–Crippen MR) is 127 cm³/mol. The van der Waals surface area contributed by atoms with E-state index in [0.29, 0.717) is 35.0 Å². The van der Waals surface area contributed by atoms with Gasteiger partial charge in [-0.3, -0.25) is 0 Å². The number of ether oxygens (including phenoxy) is 2. The SMILES string of the molecule is Oc1ccc2c(c1)/C=C/c1ccc(O)c(c1)Oc1ccc(cc1)C[C@H](O)c1cccc(c1)O2. The largest absolute Gasteiger partial charge is 0.508 e. The van der Waals surface area contributed by atoms with Crippen LogP contribution in [0.1, 0.15) is 28.4 Å². The summed E-state index contributed by atoms with van der Waals surface area (Å²) in [6.07, 6.45) is 3.39. The summed E-state index contributed by atoms with van der Waals surface area (Å²) in [7, 11) is 0. The van der Waals surface area contributed by atoms with Gasteiger partial charge in [0.05, 0.1) is 6.10 Å². The fourth-order valence-corrected chi connectivity index (χ4v) is 3.74. The van der Waals surface area contributed by atoms with Gasteiger partial charge >= 0.3 is 0 Å². The fraction of sp³-hybridized carbons (Fsp3) is 0.0714.